The van der Waals surface area contributed by atoms with Crippen molar-refractivity contribution in [1.29, 1.82) is 0 Å². The molecule has 0 bridgehead atoms. The minimum absolute atomic E-state index is 0.110. The Labute approximate surface area is 126 Å². The fraction of sp³-hybridized carbons (Fsp3) is 0.857. The predicted octanol–water partition coefficient (Wildman–Crippen LogP) is -1.40. The van der Waals surface area contributed by atoms with E-state index in [4.69, 9.17) is 4.74 Å². The van der Waals surface area contributed by atoms with Crippen molar-refractivity contribution in [3.8, 4) is 0 Å². The van der Waals surface area contributed by atoms with Crippen molar-refractivity contribution in [1.82, 2.24) is 20.0 Å². The maximum atomic E-state index is 12.4. The number of likely N-dealkylation sites (N-methyl/N-ethyl adjacent to an activating group) is 1. The van der Waals surface area contributed by atoms with E-state index in [0.29, 0.717) is 26.2 Å². The molecule has 1 amide bonds. The fourth-order valence-corrected chi connectivity index (χ4v) is 2.74. The normalized spacial score (nSPS) is 24.9. The molecule has 0 aliphatic carbocycles. The Balaban J connectivity index is 1.89. The maximum absolute atomic E-state index is 12.4. The van der Waals surface area contributed by atoms with Gasteiger partial charge in [-0.3, -0.25) is 14.5 Å². The van der Waals surface area contributed by atoms with E-state index in [-0.39, 0.29) is 17.9 Å². The summed E-state index contributed by atoms with van der Waals surface area (Å²) in [5.41, 5.74) is 0. The van der Waals surface area contributed by atoms with Crippen LogP contribution < -0.4 is 5.32 Å². The standard InChI is InChI=1S/C14H26N4O3/c1-3-21-14(20)12-10-15-4-5-18(12)11-13(19)17-8-6-16(2)7-9-17/h12,15H,3-11H2,1-2H3. The Bertz CT molecular complexity index is 369. The van der Waals surface area contributed by atoms with E-state index in [1.165, 1.54) is 0 Å². The zero-order valence-corrected chi connectivity index (χ0v) is 13.0. The minimum Gasteiger partial charge on any atom is -0.465 e. The van der Waals surface area contributed by atoms with Crippen LogP contribution in [-0.4, -0.2) is 98.6 Å². The van der Waals surface area contributed by atoms with E-state index >= 15 is 0 Å². The molecule has 7 heteroatoms. The van der Waals surface area contributed by atoms with Crippen LogP contribution in [0.15, 0.2) is 0 Å². The van der Waals surface area contributed by atoms with Gasteiger partial charge in [0.05, 0.1) is 13.2 Å². The van der Waals surface area contributed by atoms with Gasteiger partial charge in [0.15, 0.2) is 0 Å². The molecule has 1 atom stereocenters. The lowest BCUT2D eigenvalue weighted by Gasteiger charge is -2.37. The summed E-state index contributed by atoms with van der Waals surface area (Å²) in [5, 5.41) is 3.19. The Kier molecular flexibility index (Phi) is 5.96. The van der Waals surface area contributed by atoms with Crippen molar-refractivity contribution in [2.24, 2.45) is 0 Å². The SMILES string of the molecule is CCOC(=O)C1CNCCN1CC(=O)N1CCN(C)CC1. The van der Waals surface area contributed by atoms with Gasteiger partial charge in [-0.1, -0.05) is 0 Å². The smallest absolute Gasteiger partial charge is 0.324 e. The number of esters is 1. The van der Waals surface area contributed by atoms with Crippen molar-refractivity contribution < 1.29 is 14.3 Å². The first-order valence-electron chi connectivity index (χ1n) is 7.69. The summed E-state index contributed by atoms with van der Waals surface area (Å²) in [6, 6.07) is -0.352. The molecular weight excluding hydrogens is 272 g/mol. The Morgan fingerprint density at radius 1 is 1.19 bits per heavy atom. The number of carbonyl (C=O) groups excluding carboxylic acids is 2. The number of amides is 1. The van der Waals surface area contributed by atoms with Crippen LogP contribution in [0.2, 0.25) is 0 Å². The molecule has 2 rings (SSSR count). The van der Waals surface area contributed by atoms with Gasteiger partial charge in [-0.2, -0.15) is 0 Å². The number of rotatable bonds is 4. The predicted molar refractivity (Wildman–Crippen MR) is 78.9 cm³/mol. The van der Waals surface area contributed by atoms with Gasteiger partial charge in [0, 0.05) is 45.8 Å². The molecular formula is C14H26N4O3. The summed E-state index contributed by atoms with van der Waals surface area (Å²) in [7, 11) is 2.06. The van der Waals surface area contributed by atoms with Crippen LogP contribution in [0.5, 0.6) is 0 Å². The molecule has 0 aromatic heterocycles. The van der Waals surface area contributed by atoms with E-state index in [2.05, 4.69) is 17.3 Å². The zero-order valence-electron chi connectivity index (χ0n) is 13.0. The lowest BCUT2D eigenvalue weighted by atomic mass is 10.2. The van der Waals surface area contributed by atoms with Crippen molar-refractivity contribution in [3.63, 3.8) is 0 Å². The molecule has 21 heavy (non-hydrogen) atoms. The number of hydrogen-bond acceptors (Lipinski definition) is 6. The molecule has 2 saturated heterocycles. The first-order chi connectivity index (χ1) is 10.1. The molecule has 1 N–H and O–H groups in total. The highest BCUT2D eigenvalue weighted by atomic mass is 16.5. The highest BCUT2D eigenvalue weighted by Gasteiger charge is 2.32. The van der Waals surface area contributed by atoms with Crippen LogP contribution in [0.1, 0.15) is 6.92 Å². The van der Waals surface area contributed by atoms with Crippen LogP contribution in [0, 0.1) is 0 Å². The van der Waals surface area contributed by atoms with E-state index in [1.54, 1.807) is 6.92 Å². The molecule has 2 fully saturated rings. The van der Waals surface area contributed by atoms with E-state index in [0.717, 1.165) is 32.7 Å². The van der Waals surface area contributed by atoms with E-state index < -0.39 is 0 Å². The fourth-order valence-electron chi connectivity index (χ4n) is 2.74. The molecule has 0 saturated carbocycles. The second-order valence-electron chi connectivity index (χ2n) is 5.63. The van der Waals surface area contributed by atoms with Crippen LogP contribution >= 0.6 is 0 Å². The topological polar surface area (TPSA) is 65.1 Å². The van der Waals surface area contributed by atoms with E-state index in [9.17, 15) is 9.59 Å². The second kappa shape index (κ2) is 7.72. The van der Waals surface area contributed by atoms with Crippen LogP contribution in [0.3, 0.4) is 0 Å². The number of hydrogen-bond donors (Lipinski definition) is 1. The van der Waals surface area contributed by atoms with E-state index in [1.807, 2.05) is 9.80 Å². The Hall–Kier alpha value is -1.18. The molecule has 2 heterocycles. The highest BCUT2D eigenvalue weighted by molar-refractivity contribution is 5.81. The van der Waals surface area contributed by atoms with Crippen molar-refractivity contribution in [2.45, 2.75) is 13.0 Å². The van der Waals surface area contributed by atoms with Crippen LogP contribution in [0.25, 0.3) is 0 Å². The number of piperazine rings is 2. The minimum atomic E-state index is -0.352. The number of ether oxygens (including phenoxy) is 1. The van der Waals surface area contributed by atoms with Crippen LogP contribution in [-0.2, 0) is 14.3 Å². The van der Waals surface area contributed by atoms with Gasteiger partial charge in [0.1, 0.15) is 6.04 Å². The molecule has 2 aliphatic heterocycles. The Morgan fingerprint density at radius 2 is 1.90 bits per heavy atom. The molecule has 0 aromatic carbocycles. The van der Waals surface area contributed by atoms with Crippen molar-refractivity contribution in [3.05, 3.63) is 0 Å². The number of nitrogens with one attached hydrogen (secondary N) is 1. The lowest BCUT2D eigenvalue weighted by molar-refractivity contribution is -0.151. The largest absolute Gasteiger partial charge is 0.465 e. The number of carbonyl (C=O) groups is 2. The molecule has 0 aromatic rings. The summed E-state index contributed by atoms with van der Waals surface area (Å²) >= 11 is 0. The molecule has 0 spiro atoms. The van der Waals surface area contributed by atoms with Gasteiger partial charge >= 0.3 is 5.97 Å². The second-order valence-corrected chi connectivity index (χ2v) is 5.63. The third-order valence-electron chi connectivity index (χ3n) is 4.11. The summed E-state index contributed by atoms with van der Waals surface area (Å²) in [4.78, 5) is 30.4. The van der Waals surface area contributed by atoms with Gasteiger partial charge in [0.2, 0.25) is 5.91 Å². The van der Waals surface area contributed by atoms with Gasteiger partial charge in [-0.25, -0.2) is 0 Å². The Morgan fingerprint density at radius 3 is 2.57 bits per heavy atom. The van der Waals surface area contributed by atoms with Crippen LogP contribution in [0.4, 0.5) is 0 Å². The molecule has 2 aliphatic rings. The highest BCUT2D eigenvalue weighted by Crippen LogP contribution is 2.08. The quantitative estimate of drug-likeness (QED) is 0.644. The monoisotopic (exact) mass is 298 g/mol. The summed E-state index contributed by atoms with van der Waals surface area (Å²) in [6.45, 7) is 7.88. The summed E-state index contributed by atoms with van der Waals surface area (Å²) in [5.74, 6) is -0.129. The average molecular weight is 298 g/mol. The van der Waals surface area contributed by atoms with Crippen molar-refractivity contribution >= 4 is 11.9 Å². The maximum Gasteiger partial charge on any atom is 0.324 e. The van der Waals surface area contributed by atoms with Gasteiger partial charge < -0.3 is 19.9 Å². The average Bonchev–Trinajstić information content (AvgIpc) is 2.48. The van der Waals surface area contributed by atoms with Gasteiger partial charge in [0.25, 0.3) is 0 Å². The summed E-state index contributed by atoms with van der Waals surface area (Å²) in [6.07, 6.45) is 0. The molecule has 120 valence electrons. The molecule has 7 nitrogen and oxygen atoms in total. The third kappa shape index (κ3) is 4.39. The lowest BCUT2D eigenvalue weighted by Crippen LogP contribution is -2.58. The summed E-state index contributed by atoms with van der Waals surface area (Å²) < 4.78 is 5.10. The number of nitrogens with zero attached hydrogens (tertiary/aromatic N) is 3. The van der Waals surface area contributed by atoms with Crippen molar-refractivity contribution in [2.75, 3.05) is 66.0 Å². The van der Waals surface area contributed by atoms with Gasteiger partial charge in [-0.05, 0) is 14.0 Å². The van der Waals surface area contributed by atoms with Gasteiger partial charge in [-0.15, -0.1) is 0 Å². The third-order valence-corrected chi connectivity index (χ3v) is 4.11. The molecule has 1 unspecified atom stereocenters. The molecule has 0 radical (unpaired) electrons. The zero-order chi connectivity index (χ0) is 15.2. The first kappa shape index (κ1) is 16.2. The first-order valence-corrected chi connectivity index (χ1v) is 7.69.